The smallest absolute Gasteiger partial charge is 0.244 e. The van der Waals surface area contributed by atoms with Crippen molar-refractivity contribution in [3.8, 4) is 5.75 Å². The highest BCUT2D eigenvalue weighted by molar-refractivity contribution is 7.89. The van der Waals surface area contributed by atoms with E-state index < -0.39 is 10.0 Å². The van der Waals surface area contributed by atoms with E-state index in [1.54, 1.807) is 18.2 Å². The Morgan fingerprint density at radius 1 is 1.24 bits per heavy atom. The van der Waals surface area contributed by atoms with Gasteiger partial charge in [-0.1, -0.05) is 12.1 Å². The van der Waals surface area contributed by atoms with Crippen LogP contribution in [-0.2, 0) is 32.6 Å². The summed E-state index contributed by atoms with van der Waals surface area (Å²) in [5, 5.41) is 2.73. The topological polar surface area (TPSA) is 93.7 Å². The molecule has 29 heavy (non-hydrogen) atoms. The van der Waals surface area contributed by atoms with Crippen LogP contribution in [0, 0.1) is 5.82 Å². The van der Waals surface area contributed by atoms with Gasteiger partial charge in [-0.25, -0.2) is 17.5 Å². The second kappa shape index (κ2) is 9.17. The van der Waals surface area contributed by atoms with E-state index in [1.165, 1.54) is 37.4 Å². The Bertz CT molecular complexity index is 1020. The van der Waals surface area contributed by atoms with Gasteiger partial charge in [-0.05, 0) is 54.9 Å². The van der Waals surface area contributed by atoms with E-state index in [-0.39, 0.29) is 23.4 Å². The summed E-state index contributed by atoms with van der Waals surface area (Å²) in [7, 11) is -2.15. The van der Waals surface area contributed by atoms with E-state index in [0.717, 1.165) is 0 Å². The van der Waals surface area contributed by atoms with Gasteiger partial charge in [0.05, 0.1) is 11.5 Å². The average molecular weight is 420 g/mol. The van der Waals surface area contributed by atoms with Crippen LogP contribution in [-0.4, -0.2) is 34.7 Å². The van der Waals surface area contributed by atoms with Crippen molar-refractivity contribution in [2.75, 3.05) is 20.4 Å². The quantitative estimate of drug-likeness (QED) is 0.668. The maximum absolute atomic E-state index is 13.7. The van der Waals surface area contributed by atoms with Gasteiger partial charge < -0.3 is 14.8 Å². The van der Waals surface area contributed by atoms with Crippen LogP contribution in [0.15, 0.2) is 47.4 Å². The minimum Gasteiger partial charge on any atom is -0.467 e. The third-order valence-corrected chi connectivity index (χ3v) is 5.76. The molecule has 2 aromatic rings. The number of halogens is 1. The summed E-state index contributed by atoms with van der Waals surface area (Å²) in [6.07, 6.45) is 3.35. The number of nitrogens with one attached hydrogen (secondary N) is 2. The lowest BCUT2D eigenvalue weighted by molar-refractivity contribution is -0.116. The van der Waals surface area contributed by atoms with Gasteiger partial charge in [0.15, 0.2) is 6.79 Å². The molecule has 0 saturated carbocycles. The van der Waals surface area contributed by atoms with Crippen LogP contribution in [0.4, 0.5) is 4.39 Å². The summed E-state index contributed by atoms with van der Waals surface area (Å²) in [5.74, 6) is -0.0756. The first-order valence-electron chi connectivity index (χ1n) is 8.90. The maximum Gasteiger partial charge on any atom is 0.244 e. The molecule has 2 N–H and O–H groups in total. The van der Waals surface area contributed by atoms with E-state index in [0.29, 0.717) is 42.0 Å². The predicted octanol–water partition coefficient (Wildman–Crippen LogP) is 1.97. The number of carbonyl (C=O) groups excluding carboxylic acids is 1. The van der Waals surface area contributed by atoms with Crippen LogP contribution in [0.5, 0.6) is 5.75 Å². The van der Waals surface area contributed by atoms with Crippen LogP contribution < -0.4 is 14.8 Å². The molecule has 7 nitrogen and oxygen atoms in total. The zero-order chi connectivity index (χ0) is 20.9. The third kappa shape index (κ3) is 5.41. The van der Waals surface area contributed by atoms with Crippen LogP contribution in [0.3, 0.4) is 0 Å². The van der Waals surface area contributed by atoms with Gasteiger partial charge in [0.2, 0.25) is 15.9 Å². The van der Waals surface area contributed by atoms with Crippen molar-refractivity contribution in [3.05, 3.63) is 65.0 Å². The zero-order valence-corrected chi connectivity index (χ0v) is 16.6. The molecule has 154 valence electrons. The zero-order valence-electron chi connectivity index (χ0n) is 15.8. The first-order valence-corrected chi connectivity index (χ1v) is 10.4. The fourth-order valence-electron chi connectivity index (χ4n) is 2.87. The second-order valence-electron chi connectivity index (χ2n) is 6.31. The number of ether oxygens (including phenoxy) is 2. The molecule has 1 aliphatic heterocycles. The summed E-state index contributed by atoms with van der Waals surface area (Å²) < 4.78 is 49.9. The Labute approximate surface area is 168 Å². The van der Waals surface area contributed by atoms with Crippen LogP contribution in [0.25, 0.3) is 6.08 Å². The number of hydrogen-bond acceptors (Lipinski definition) is 5. The standard InChI is InChI=1S/C20H21FN2O5S/c1-22-29(25,26)18-5-2-14(3-6-18)4-7-19(24)23-9-8-15-10-17(21)11-16-12-27-13-28-20(15)16/h2-7,10-11,22H,8-9,12-13H2,1H3,(H,23,24). The van der Waals surface area contributed by atoms with Crippen molar-refractivity contribution in [3.63, 3.8) is 0 Å². The van der Waals surface area contributed by atoms with Gasteiger partial charge in [0.25, 0.3) is 0 Å². The molecule has 1 aliphatic rings. The summed E-state index contributed by atoms with van der Waals surface area (Å²) >= 11 is 0. The molecular formula is C20H21FN2O5S. The Morgan fingerprint density at radius 2 is 2.00 bits per heavy atom. The molecule has 0 radical (unpaired) electrons. The van der Waals surface area contributed by atoms with E-state index in [1.807, 2.05) is 0 Å². The summed E-state index contributed by atoms with van der Waals surface area (Å²) in [6, 6.07) is 8.90. The SMILES string of the molecule is CNS(=O)(=O)c1ccc(C=CC(=O)NCCc2cc(F)cc3c2OCOC3)cc1. The first kappa shape index (κ1) is 21.0. The molecule has 0 saturated heterocycles. The number of benzene rings is 2. The molecule has 1 heterocycles. The minimum atomic E-state index is -3.49. The Kier molecular flexibility index (Phi) is 6.63. The molecule has 0 spiro atoms. The van der Waals surface area contributed by atoms with Gasteiger partial charge in [-0.15, -0.1) is 0 Å². The highest BCUT2D eigenvalue weighted by atomic mass is 32.2. The van der Waals surface area contributed by atoms with E-state index in [2.05, 4.69) is 10.0 Å². The molecule has 1 amide bonds. The Hall–Kier alpha value is -2.75. The highest BCUT2D eigenvalue weighted by Crippen LogP contribution is 2.29. The molecule has 0 bridgehead atoms. The lowest BCUT2D eigenvalue weighted by Gasteiger charge is -2.20. The number of fused-ring (bicyclic) bond motifs is 1. The monoisotopic (exact) mass is 420 g/mol. The summed E-state index contributed by atoms with van der Waals surface area (Å²) in [6.45, 7) is 0.724. The molecule has 0 fully saturated rings. The molecule has 2 aromatic carbocycles. The second-order valence-corrected chi connectivity index (χ2v) is 8.20. The number of hydrogen-bond donors (Lipinski definition) is 2. The van der Waals surface area contributed by atoms with Crippen molar-refractivity contribution in [2.24, 2.45) is 0 Å². The highest BCUT2D eigenvalue weighted by Gasteiger charge is 2.16. The maximum atomic E-state index is 13.7. The number of amides is 1. The van der Waals surface area contributed by atoms with Gasteiger partial charge in [-0.2, -0.15) is 0 Å². The fraction of sp³-hybridized carbons (Fsp3) is 0.250. The molecule has 0 unspecified atom stereocenters. The van der Waals surface area contributed by atoms with Crippen molar-refractivity contribution in [1.82, 2.24) is 10.0 Å². The van der Waals surface area contributed by atoms with Crippen molar-refractivity contribution in [1.29, 1.82) is 0 Å². The van der Waals surface area contributed by atoms with Crippen molar-refractivity contribution < 1.29 is 27.1 Å². The largest absolute Gasteiger partial charge is 0.467 e. The minimum absolute atomic E-state index is 0.120. The first-order chi connectivity index (χ1) is 13.9. The number of sulfonamides is 1. The average Bonchev–Trinajstić information content (AvgIpc) is 2.72. The lowest BCUT2D eigenvalue weighted by atomic mass is 10.1. The van der Waals surface area contributed by atoms with Crippen molar-refractivity contribution >= 4 is 22.0 Å². The Morgan fingerprint density at radius 3 is 2.72 bits per heavy atom. The van der Waals surface area contributed by atoms with Crippen molar-refractivity contribution in [2.45, 2.75) is 17.9 Å². The normalized spacial score (nSPS) is 13.7. The number of carbonyl (C=O) groups is 1. The van der Waals surface area contributed by atoms with E-state index in [9.17, 15) is 17.6 Å². The number of rotatable bonds is 7. The molecule has 3 rings (SSSR count). The van der Waals surface area contributed by atoms with Gasteiger partial charge in [0, 0.05) is 18.2 Å². The van der Waals surface area contributed by atoms with E-state index >= 15 is 0 Å². The third-order valence-electron chi connectivity index (χ3n) is 4.33. The molecule has 0 aromatic heterocycles. The lowest BCUT2D eigenvalue weighted by Crippen LogP contribution is -2.24. The molecule has 0 atom stereocenters. The van der Waals surface area contributed by atoms with Crippen LogP contribution >= 0.6 is 0 Å². The fourth-order valence-corrected chi connectivity index (χ4v) is 3.60. The van der Waals surface area contributed by atoms with Crippen LogP contribution in [0.2, 0.25) is 0 Å². The molecule has 0 aliphatic carbocycles. The molecule has 9 heteroatoms. The van der Waals surface area contributed by atoms with Gasteiger partial charge in [-0.3, -0.25) is 4.79 Å². The van der Waals surface area contributed by atoms with Gasteiger partial charge in [0.1, 0.15) is 11.6 Å². The van der Waals surface area contributed by atoms with Crippen LogP contribution in [0.1, 0.15) is 16.7 Å². The Balaban J connectivity index is 1.55. The summed E-state index contributed by atoms with van der Waals surface area (Å²) in [5.41, 5.74) is 2.01. The summed E-state index contributed by atoms with van der Waals surface area (Å²) in [4.78, 5) is 12.2. The van der Waals surface area contributed by atoms with Gasteiger partial charge >= 0.3 is 0 Å². The predicted molar refractivity (Wildman–Crippen MR) is 105 cm³/mol. The van der Waals surface area contributed by atoms with E-state index in [4.69, 9.17) is 9.47 Å². The molecular weight excluding hydrogens is 399 g/mol.